The molecule has 16 heavy (non-hydrogen) atoms. The number of nitrogens with one attached hydrogen (secondary N) is 1. The van der Waals surface area contributed by atoms with Gasteiger partial charge in [-0.25, -0.2) is 0 Å². The number of methoxy groups -OCH3 is 1. The maximum absolute atomic E-state index is 11.4. The molecule has 0 saturated heterocycles. The molecule has 1 amide bonds. The topological polar surface area (TPSA) is 73.6 Å². The molecule has 0 aromatic heterocycles. The normalized spacial score (nSPS) is 12.4. The third kappa shape index (κ3) is 8.64. The second-order valence-corrected chi connectivity index (χ2v) is 3.64. The minimum Gasteiger partial charge on any atom is -0.382 e. The number of ether oxygens (including phenoxy) is 2. The molecule has 0 aliphatic carbocycles. The van der Waals surface area contributed by atoms with Gasteiger partial charge in [-0.3, -0.25) is 4.79 Å². The lowest BCUT2D eigenvalue weighted by Gasteiger charge is -2.11. The summed E-state index contributed by atoms with van der Waals surface area (Å²) in [6, 6.07) is -0.390. The monoisotopic (exact) mass is 232 g/mol. The van der Waals surface area contributed by atoms with Gasteiger partial charge >= 0.3 is 0 Å². The Morgan fingerprint density at radius 3 is 2.75 bits per heavy atom. The third-order valence-corrected chi connectivity index (χ3v) is 2.18. The molecule has 0 bridgehead atoms. The quantitative estimate of drug-likeness (QED) is 0.531. The zero-order valence-corrected chi connectivity index (χ0v) is 10.3. The van der Waals surface area contributed by atoms with E-state index in [1.165, 1.54) is 0 Å². The second kappa shape index (κ2) is 10.9. The maximum atomic E-state index is 11.4. The summed E-state index contributed by atoms with van der Waals surface area (Å²) < 4.78 is 10.0. The van der Waals surface area contributed by atoms with Crippen molar-refractivity contribution in [2.45, 2.75) is 32.2 Å². The Hall–Kier alpha value is -0.650. The summed E-state index contributed by atoms with van der Waals surface area (Å²) in [6.45, 7) is 4.20. The number of hydrogen-bond acceptors (Lipinski definition) is 4. The van der Waals surface area contributed by atoms with Crippen molar-refractivity contribution in [2.75, 3.05) is 33.5 Å². The van der Waals surface area contributed by atoms with Crippen LogP contribution in [0.5, 0.6) is 0 Å². The summed E-state index contributed by atoms with van der Waals surface area (Å²) in [6.07, 6.45) is 2.78. The van der Waals surface area contributed by atoms with E-state index in [9.17, 15) is 4.79 Å². The van der Waals surface area contributed by atoms with Crippen LogP contribution in [0.3, 0.4) is 0 Å². The maximum Gasteiger partial charge on any atom is 0.236 e. The van der Waals surface area contributed by atoms with Gasteiger partial charge in [-0.15, -0.1) is 0 Å². The Labute approximate surface area is 97.7 Å². The van der Waals surface area contributed by atoms with Crippen LogP contribution in [0, 0.1) is 0 Å². The highest BCUT2D eigenvalue weighted by Crippen LogP contribution is 1.97. The minimum absolute atomic E-state index is 0.0937. The van der Waals surface area contributed by atoms with Crippen molar-refractivity contribution in [1.29, 1.82) is 0 Å². The van der Waals surface area contributed by atoms with Crippen LogP contribution < -0.4 is 11.1 Å². The molecule has 0 fully saturated rings. The first-order valence-electron chi connectivity index (χ1n) is 5.82. The van der Waals surface area contributed by atoms with Crippen molar-refractivity contribution in [3.63, 3.8) is 0 Å². The van der Waals surface area contributed by atoms with E-state index in [1.807, 2.05) is 0 Å². The van der Waals surface area contributed by atoms with Gasteiger partial charge < -0.3 is 20.5 Å². The lowest BCUT2D eigenvalue weighted by Crippen LogP contribution is -2.41. The predicted molar refractivity (Wildman–Crippen MR) is 63.2 cm³/mol. The average molecular weight is 232 g/mol. The van der Waals surface area contributed by atoms with Crippen LogP contribution in [0.2, 0.25) is 0 Å². The number of rotatable bonds is 10. The average Bonchev–Trinajstić information content (AvgIpc) is 2.30. The summed E-state index contributed by atoms with van der Waals surface area (Å²) in [5.41, 5.74) is 5.69. The first-order chi connectivity index (χ1) is 7.72. The summed E-state index contributed by atoms with van der Waals surface area (Å²) in [5, 5.41) is 2.74. The smallest absolute Gasteiger partial charge is 0.236 e. The number of carbonyl (C=O) groups is 1. The molecule has 5 heteroatoms. The number of unbranched alkanes of at least 4 members (excludes halogenated alkanes) is 1. The largest absolute Gasteiger partial charge is 0.382 e. The van der Waals surface area contributed by atoms with E-state index in [2.05, 4.69) is 12.2 Å². The van der Waals surface area contributed by atoms with Crippen LogP contribution in [-0.2, 0) is 14.3 Å². The van der Waals surface area contributed by atoms with Crippen molar-refractivity contribution in [3.05, 3.63) is 0 Å². The molecule has 0 aliphatic rings. The Morgan fingerprint density at radius 1 is 1.38 bits per heavy atom. The SMILES string of the molecule is CCCCC(N)C(=O)NCCOCCOC. The number of hydrogen-bond donors (Lipinski definition) is 2. The summed E-state index contributed by atoms with van der Waals surface area (Å²) in [4.78, 5) is 11.4. The fraction of sp³-hybridized carbons (Fsp3) is 0.909. The van der Waals surface area contributed by atoms with E-state index < -0.39 is 0 Å². The lowest BCUT2D eigenvalue weighted by atomic mass is 10.1. The molecule has 1 unspecified atom stereocenters. The van der Waals surface area contributed by atoms with Gasteiger partial charge in [0, 0.05) is 13.7 Å². The summed E-state index contributed by atoms with van der Waals surface area (Å²) in [7, 11) is 1.62. The zero-order valence-electron chi connectivity index (χ0n) is 10.3. The molecule has 5 nitrogen and oxygen atoms in total. The van der Waals surface area contributed by atoms with Gasteiger partial charge in [-0.05, 0) is 6.42 Å². The van der Waals surface area contributed by atoms with E-state index in [0.717, 1.165) is 19.3 Å². The van der Waals surface area contributed by atoms with Crippen LogP contribution in [-0.4, -0.2) is 45.4 Å². The molecule has 0 radical (unpaired) electrons. The highest BCUT2D eigenvalue weighted by molar-refractivity contribution is 5.81. The van der Waals surface area contributed by atoms with Crippen LogP contribution in [0.25, 0.3) is 0 Å². The minimum atomic E-state index is -0.390. The summed E-state index contributed by atoms with van der Waals surface area (Å²) >= 11 is 0. The van der Waals surface area contributed by atoms with Gasteiger partial charge in [0.05, 0.1) is 25.9 Å². The van der Waals surface area contributed by atoms with E-state index >= 15 is 0 Å². The molecular weight excluding hydrogens is 208 g/mol. The Kier molecular flexibility index (Phi) is 10.4. The highest BCUT2D eigenvalue weighted by Gasteiger charge is 2.11. The molecule has 0 aromatic carbocycles. The van der Waals surface area contributed by atoms with E-state index in [1.54, 1.807) is 7.11 Å². The van der Waals surface area contributed by atoms with Gasteiger partial charge in [0.2, 0.25) is 5.91 Å². The Balaban J connectivity index is 3.35. The molecule has 0 aliphatic heterocycles. The molecule has 0 aromatic rings. The van der Waals surface area contributed by atoms with Crippen LogP contribution in [0.15, 0.2) is 0 Å². The van der Waals surface area contributed by atoms with Gasteiger partial charge in [0.1, 0.15) is 0 Å². The van der Waals surface area contributed by atoms with Crippen LogP contribution in [0.4, 0.5) is 0 Å². The van der Waals surface area contributed by atoms with Crippen molar-refractivity contribution < 1.29 is 14.3 Å². The third-order valence-electron chi connectivity index (χ3n) is 2.18. The molecule has 0 saturated carbocycles. The van der Waals surface area contributed by atoms with Gasteiger partial charge in [0.15, 0.2) is 0 Å². The predicted octanol–water partition coefficient (Wildman–Crippen LogP) is 0.283. The summed E-state index contributed by atoms with van der Waals surface area (Å²) in [5.74, 6) is -0.0937. The van der Waals surface area contributed by atoms with E-state index in [0.29, 0.717) is 26.4 Å². The number of nitrogens with two attached hydrogens (primary N) is 1. The molecular formula is C11H24N2O3. The van der Waals surface area contributed by atoms with Gasteiger partial charge in [-0.1, -0.05) is 19.8 Å². The fourth-order valence-electron chi connectivity index (χ4n) is 1.18. The highest BCUT2D eigenvalue weighted by atomic mass is 16.5. The van der Waals surface area contributed by atoms with Crippen molar-refractivity contribution in [2.24, 2.45) is 5.73 Å². The first kappa shape index (κ1) is 15.3. The van der Waals surface area contributed by atoms with E-state index in [4.69, 9.17) is 15.2 Å². The first-order valence-corrected chi connectivity index (χ1v) is 5.82. The standard InChI is InChI=1S/C11H24N2O3/c1-3-4-5-10(12)11(14)13-6-7-16-9-8-15-2/h10H,3-9,12H2,1-2H3,(H,13,14). The molecule has 0 rings (SSSR count). The van der Waals surface area contributed by atoms with E-state index in [-0.39, 0.29) is 11.9 Å². The molecule has 96 valence electrons. The molecule has 1 atom stereocenters. The van der Waals surface area contributed by atoms with Gasteiger partial charge in [0.25, 0.3) is 0 Å². The zero-order chi connectivity index (χ0) is 12.2. The molecule has 3 N–H and O–H groups in total. The van der Waals surface area contributed by atoms with Crippen molar-refractivity contribution in [1.82, 2.24) is 5.32 Å². The number of carbonyl (C=O) groups excluding carboxylic acids is 1. The van der Waals surface area contributed by atoms with Crippen molar-refractivity contribution >= 4 is 5.91 Å². The number of amides is 1. The van der Waals surface area contributed by atoms with Gasteiger partial charge in [-0.2, -0.15) is 0 Å². The van der Waals surface area contributed by atoms with Crippen LogP contribution in [0.1, 0.15) is 26.2 Å². The Morgan fingerprint density at radius 2 is 2.12 bits per heavy atom. The molecule has 0 heterocycles. The lowest BCUT2D eigenvalue weighted by molar-refractivity contribution is -0.122. The fourth-order valence-corrected chi connectivity index (χ4v) is 1.18. The van der Waals surface area contributed by atoms with Crippen molar-refractivity contribution in [3.8, 4) is 0 Å². The second-order valence-electron chi connectivity index (χ2n) is 3.64. The van der Waals surface area contributed by atoms with Crippen LogP contribution >= 0.6 is 0 Å². The Bertz CT molecular complexity index is 177. The molecule has 0 spiro atoms.